The maximum absolute atomic E-state index is 11.8. The third-order valence-electron chi connectivity index (χ3n) is 2.60. The van der Waals surface area contributed by atoms with Gasteiger partial charge in [0.1, 0.15) is 0 Å². The summed E-state index contributed by atoms with van der Waals surface area (Å²) in [5, 5.41) is 1.77. The largest absolute Gasteiger partial charge is 0.354 e. The molecule has 0 radical (unpaired) electrons. The molecule has 0 fully saturated rings. The van der Waals surface area contributed by atoms with E-state index < -0.39 is 0 Å². The Morgan fingerprint density at radius 2 is 1.47 bits per heavy atom. The number of nitrogens with one attached hydrogen (secondary N) is 1. The first-order valence-electron chi connectivity index (χ1n) is 4.86. The molecule has 1 N–H and O–H groups in total. The van der Waals surface area contributed by atoms with Gasteiger partial charge in [-0.05, 0) is 18.2 Å². The number of fused-ring (bicyclic) bond motifs is 3. The summed E-state index contributed by atoms with van der Waals surface area (Å²) < 4.78 is 0. The standard InChI is InChI=1S/C13H9NO/c15-12-8-4-3-7-11-13(12)9-5-1-2-6-10(9)14-11/h1-8,14H. The summed E-state index contributed by atoms with van der Waals surface area (Å²) >= 11 is 0. The van der Waals surface area contributed by atoms with Crippen LogP contribution in [0.2, 0.25) is 0 Å². The SMILES string of the molecule is O=c1ccccc2[nH]c3ccccc3c12. The Hall–Kier alpha value is -2.09. The molecule has 2 heteroatoms. The molecule has 2 nitrogen and oxygen atoms in total. The monoisotopic (exact) mass is 195 g/mol. The lowest BCUT2D eigenvalue weighted by atomic mass is 10.2. The van der Waals surface area contributed by atoms with Gasteiger partial charge in [0.15, 0.2) is 5.43 Å². The molecule has 0 aliphatic rings. The second-order valence-electron chi connectivity index (χ2n) is 3.54. The Morgan fingerprint density at radius 3 is 2.33 bits per heavy atom. The highest BCUT2D eigenvalue weighted by atomic mass is 16.1. The molecule has 0 aliphatic carbocycles. The number of aromatic nitrogens is 1. The van der Waals surface area contributed by atoms with Crippen LogP contribution in [0, 0.1) is 0 Å². The molecule has 0 bridgehead atoms. The molecule has 0 spiro atoms. The van der Waals surface area contributed by atoms with E-state index in [0.717, 1.165) is 21.8 Å². The molecule has 15 heavy (non-hydrogen) atoms. The van der Waals surface area contributed by atoms with Gasteiger partial charge in [-0.3, -0.25) is 4.79 Å². The van der Waals surface area contributed by atoms with E-state index in [1.54, 1.807) is 12.1 Å². The molecular formula is C13H9NO. The van der Waals surface area contributed by atoms with Crippen molar-refractivity contribution in [2.24, 2.45) is 0 Å². The first-order valence-corrected chi connectivity index (χ1v) is 4.86. The van der Waals surface area contributed by atoms with Gasteiger partial charge in [-0.1, -0.05) is 30.3 Å². The van der Waals surface area contributed by atoms with E-state index in [1.807, 2.05) is 36.4 Å². The van der Waals surface area contributed by atoms with Gasteiger partial charge in [0.25, 0.3) is 0 Å². The van der Waals surface area contributed by atoms with Crippen LogP contribution < -0.4 is 5.43 Å². The van der Waals surface area contributed by atoms with E-state index in [1.165, 1.54) is 0 Å². The molecular weight excluding hydrogens is 186 g/mol. The molecule has 1 aromatic heterocycles. The maximum atomic E-state index is 11.8. The number of rotatable bonds is 0. The minimum atomic E-state index is 0.0625. The van der Waals surface area contributed by atoms with Crippen molar-refractivity contribution in [1.29, 1.82) is 0 Å². The Bertz CT molecular complexity index is 697. The van der Waals surface area contributed by atoms with E-state index in [9.17, 15) is 4.79 Å². The molecule has 2 aromatic carbocycles. The van der Waals surface area contributed by atoms with Gasteiger partial charge in [-0.25, -0.2) is 0 Å². The summed E-state index contributed by atoms with van der Waals surface area (Å²) in [6, 6.07) is 15.0. The summed E-state index contributed by atoms with van der Waals surface area (Å²) in [5.74, 6) is 0. The van der Waals surface area contributed by atoms with Crippen LogP contribution >= 0.6 is 0 Å². The Labute approximate surface area is 86.2 Å². The third kappa shape index (κ3) is 1.15. The fourth-order valence-electron chi connectivity index (χ4n) is 1.93. The average molecular weight is 195 g/mol. The topological polar surface area (TPSA) is 32.9 Å². The number of H-pyrrole nitrogens is 1. The molecule has 0 atom stereocenters. The summed E-state index contributed by atoms with van der Waals surface area (Å²) in [6.07, 6.45) is 0. The van der Waals surface area contributed by atoms with Crippen LogP contribution in [0.5, 0.6) is 0 Å². The Morgan fingerprint density at radius 1 is 0.800 bits per heavy atom. The minimum absolute atomic E-state index is 0.0625. The van der Waals surface area contributed by atoms with Crippen molar-refractivity contribution in [2.45, 2.75) is 0 Å². The van der Waals surface area contributed by atoms with Crippen molar-refractivity contribution in [3.63, 3.8) is 0 Å². The van der Waals surface area contributed by atoms with Crippen molar-refractivity contribution in [3.05, 3.63) is 58.8 Å². The van der Waals surface area contributed by atoms with E-state index in [4.69, 9.17) is 0 Å². The lowest BCUT2D eigenvalue weighted by molar-refractivity contribution is 1.55. The van der Waals surface area contributed by atoms with Gasteiger partial charge in [0.05, 0.1) is 10.9 Å². The van der Waals surface area contributed by atoms with Gasteiger partial charge in [0, 0.05) is 10.9 Å². The zero-order chi connectivity index (χ0) is 10.3. The highest BCUT2D eigenvalue weighted by Crippen LogP contribution is 2.20. The van der Waals surface area contributed by atoms with E-state index in [0.29, 0.717) is 0 Å². The first-order chi connectivity index (χ1) is 7.36. The predicted octanol–water partition coefficient (Wildman–Crippen LogP) is 2.68. The molecule has 0 unspecified atom stereocenters. The summed E-state index contributed by atoms with van der Waals surface area (Å²) in [6.45, 7) is 0. The highest BCUT2D eigenvalue weighted by Gasteiger charge is 2.04. The maximum Gasteiger partial charge on any atom is 0.188 e. The molecule has 0 amide bonds. The molecule has 3 aromatic rings. The van der Waals surface area contributed by atoms with Crippen molar-refractivity contribution in [2.75, 3.05) is 0 Å². The van der Waals surface area contributed by atoms with Gasteiger partial charge >= 0.3 is 0 Å². The quantitative estimate of drug-likeness (QED) is 0.587. The normalized spacial score (nSPS) is 10.9. The molecule has 0 saturated carbocycles. The molecule has 72 valence electrons. The molecule has 0 saturated heterocycles. The average Bonchev–Trinajstić information content (AvgIpc) is 2.53. The highest BCUT2D eigenvalue weighted by molar-refractivity contribution is 6.06. The fraction of sp³-hybridized carbons (Fsp3) is 0. The van der Waals surface area contributed by atoms with Crippen molar-refractivity contribution in [1.82, 2.24) is 4.98 Å². The van der Waals surface area contributed by atoms with E-state index in [2.05, 4.69) is 4.98 Å². The minimum Gasteiger partial charge on any atom is -0.354 e. The fourth-order valence-corrected chi connectivity index (χ4v) is 1.93. The number of para-hydroxylation sites is 1. The van der Waals surface area contributed by atoms with Crippen LogP contribution in [-0.2, 0) is 0 Å². The predicted molar refractivity (Wildman–Crippen MR) is 62.1 cm³/mol. The Kier molecular flexibility index (Phi) is 1.62. The summed E-state index contributed by atoms with van der Waals surface area (Å²) in [4.78, 5) is 15.1. The van der Waals surface area contributed by atoms with Gasteiger partial charge < -0.3 is 4.98 Å². The lowest BCUT2D eigenvalue weighted by Gasteiger charge is -1.85. The number of aromatic amines is 1. The Balaban J connectivity index is 2.72. The lowest BCUT2D eigenvalue weighted by Crippen LogP contribution is -1.92. The van der Waals surface area contributed by atoms with Gasteiger partial charge in [0.2, 0.25) is 0 Å². The van der Waals surface area contributed by atoms with Crippen molar-refractivity contribution in [3.8, 4) is 0 Å². The van der Waals surface area contributed by atoms with E-state index in [-0.39, 0.29) is 5.43 Å². The third-order valence-corrected chi connectivity index (χ3v) is 2.60. The smallest absolute Gasteiger partial charge is 0.188 e. The number of hydrogen-bond donors (Lipinski definition) is 1. The van der Waals surface area contributed by atoms with Gasteiger partial charge in [-0.15, -0.1) is 0 Å². The first kappa shape index (κ1) is 8.24. The molecule has 3 rings (SSSR count). The van der Waals surface area contributed by atoms with Crippen LogP contribution in [0.4, 0.5) is 0 Å². The van der Waals surface area contributed by atoms with E-state index >= 15 is 0 Å². The second-order valence-corrected chi connectivity index (χ2v) is 3.54. The molecule has 0 aliphatic heterocycles. The summed E-state index contributed by atoms with van der Waals surface area (Å²) in [7, 11) is 0. The molecule has 1 heterocycles. The number of hydrogen-bond acceptors (Lipinski definition) is 1. The van der Waals surface area contributed by atoms with Crippen LogP contribution in [0.3, 0.4) is 0 Å². The second kappa shape index (κ2) is 2.95. The van der Waals surface area contributed by atoms with Crippen molar-refractivity contribution < 1.29 is 0 Å². The van der Waals surface area contributed by atoms with Crippen molar-refractivity contribution >= 4 is 21.8 Å². The number of benzene rings is 1. The summed E-state index contributed by atoms with van der Waals surface area (Å²) in [5.41, 5.74) is 1.97. The van der Waals surface area contributed by atoms with Gasteiger partial charge in [-0.2, -0.15) is 0 Å². The van der Waals surface area contributed by atoms with Crippen LogP contribution in [0.15, 0.2) is 53.3 Å². The van der Waals surface area contributed by atoms with Crippen LogP contribution in [-0.4, -0.2) is 4.98 Å². The van der Waals surface area contributed by atoms with Crippen LogP contribution in [0.25, 0.3) is 21.8 Å². The van der Waals surface area contributed by atoms with Crippen LogP contribution in [0.1, 0.15) is 0 Å². The zero-order valence-electron chi connectivity index (χ0n) is 8.03. The zero-order valence-corrected chi connectivity index (χ0v) is 8.03.